The summed E-state index contributed by atoms with van der Waals surface area (Å²) >= 11 is 0. The number of hydrogen-bond acceptors (Lipinski definition) is 2. The maximum atomic E-state index is 12.6. The molecule has 1 heterocycles. The molecule has 0 bridgehead atoms. The number of carbonyl (C=O) groups is 1. The lowest BCUT2D eigenvalue weighted by Gasteiger charge is -2.11. The number of aryl methyl sites for hydroxylation is 1. The molecule has 1 aromatic carbocycles. The molecule has 0 aliphatic rings. The molecule has 2 aromatic rings. The molecule has 0 saturated heterocycles. The van der Waals surface area contributed by atoms with Gasteiger partial charge < -0.3 is 4.57 Å². The number of alkyl halides is 3. The molecular weight excluding hydrogens is 283 g/mol. The largest absolute Gasteiger partial charge is 0.417 e. The molecule has 0 aliphatic heterocycles. The van der Waals surface area contributed by atoms with Gasteiger partial charge in [0.1, 0.15) is 0 Å². The minimum atomic E-state index is -4.55. The first-order valence-electron chi connectivity index (χ1n) is 6.15. The van der Waals surface area contributed by atoms with E-state index in [0.717, 1.165) is 10.6 Å². The number of benzene rings is 1. The Balaban J connectivity index is 2.34. The van der Waals surface area contributed by atoms with Crippen molar-refractivity contribution in [1.29, 1.82) is 0 Å². The van der Waals surface area contributed by atoms with Gasteiger partial charge in [-0.25, -0.2) is 0 Å². The maximum Gasteiger partial charge on any atom is 0.417 e. The molecule has 0 N–H and O–H groups in total. The van der Waals surface area contributed by atoms with Gasteiger partial charge in [-0.2, -0.15) is 13.2 Å². The van der Waals surface area contributed by atoms with Crippen LogP contribution in [0.4, 0.5) is 13.2 Å². The number of ketones is 1. The summed E-state index contributed by atoms with van der Waals surface area (Å²) in [7, 11) is 0. The topological polar surface area (TPSA) is 39.1 Å². The Morgan fingerprint density at radius 3 is 2.43 bits per heavy atom. The van der Waals surface area contributed by atoms with Gasteiger partial charge in [0.2, 0.25) is 0 Å². The summed E-state index contributed by atoms with van der Waals surface area (Å²) in [6, 6.07) is 8.24. The third kappa shape index (κ3) is 3.39. The average Bonchev–Trinajstić information content (AvgIpc) is 2.40. The smallest absolute Gasteiger partial charge is 0.307 e. The van der Waals surface area contributed by atoms with Crippen LogP contribution in [0.2, 0.25) is 0 Å². The van der Waals surface area contributed by atoms with Gasteiger partial charge in [-0.3, -0.25) is 9.59 Å². The summed E-state index contributed by atoms with van der Waals surface area (Å²) in [4.78, 5) is 23.7. The summed E-state index contributed by atoms with van der Waals surface area (Å²) in [5, 5.41) is 0. The molecule has 6 heteroatoms. The van der Waals surface area contributed by atoms with E-state index >= 15 is 0 Å². The van der Waals surface area contributed by atoms with E-state index < -0.39 is 29.6 Å². The third-order valence-corrected chi connectivity index (χ3v) is 3.07. The molecule has 3 nitrogen and oxygen atoms in total. The van der Waals surface area contributed by atoms with Crippen LogP contribution in [0.15, 0.2) is 47.4 Å². The van der Waals surface area contributed by atoms with Crippen molar-refractivity contribution in [3.8, 4) is 0 Å². The molecule has 0 aliphatic carbocycles. The van der Waals surface area contributed by atoms with E-state index in [4.69, 9.17) is 0 Å². The van der Waals surface area contributed by atoms with Crippen LogP contribution in [0.3, 0.4) is 0 Å². The number of hydrogen-bond donors (Lipinski definition) is 0. The Morgan fingerprint density at radius 1 is 1.14 bits per heavy atom. The predicted octanol–water partition coefficient (Wildman–Crippen LogP) is 3.06. The molecular formula is C15H12F3NO2. The summed E-state index contributed by atoms with van der Waals surface area (Å²) in [5.74, 6) is -0.408. The average molecular weight is 295 g/mol. The van der Waals surface area contributed by atoms with Crippen LogP contribution < -0.4 is 5.56 Å². The zero-order valence-corrected chi connectivity index (χ0v) is 11.1. The second kappa shape index (κ2) is 5.55. The Hall–Kier alpha value is -2.37. The second-order valence-electron chi connectivity index (χ2n) is 4.62. The highest BCUT2D eigenvalue weighted by molar-refractivity contribution is 5.97. The number of nitrogens with zero attached hydrogens (tertiary/aromatic N) is 1. The van der Waals surface area contributed by atoms with Crippen molar-refractivity contribution in [2.45, 2.75) is 19.6 Å². The normalized spacial score (nSPS) is 11.4. The van der Waals surface area contributed by atoms with Crippen LogP contribution in [-0.2, 0) is 12.7 Å². The van der Waals surface area contributed by atoms with E-state index in [-0.39, 0.29) is 0 Å². The number of carbonyl (C=O) groups excluding carboxylic acids is 1. The van der Waals surface area contributed by atoms with Crippen LogP contribution in [0, 0.1) is 6.92 Å². The fourth-order valence-corrected chi connectivity index (χ4v) is 1.95. The fraction of sp³-hybridized carbons (Fsp3) is 0.200. The molecule has 0 amide bonds. The van der Waals surface area contributed by atoms with Crippen LogP contribution in [-0.4, -0.2) is 10.4 Å². The van der Waals surface area contributed by atoms with E-state index in [9.17, 15) is 22.8 Å². The van der Waals surface area contributed by atoms with Crippen molar-refractivity contribution in [3.63, 3.8) is 0 Å². The van der Waals surface area contributed by atoms with Crippen LogP contribution in [0.5, 0.6) is 0 Å². The fourth-order valence-electron chi connectivity index (χ4n) is 1.95. The highest BCUT2D eigenvalue weighted by Gasteiger charge is 2.31. The van der Waals surface area contributed by atoms with Gasteiger partial charge in [-0.05, 0) is 18.6 Å². The molecule has 0 atom stereocenters. The summed E-state index contributed by atoms with van der Waals surface area (Å²) in [5.41, 5.74) is -0.506. The number of pyridine rings is 1. The highest BCUT2D eigenvalue weighted by atomic mass is 19.4. The molecule has 0 fully saturated rings. The lowest BCUT2D eigenvalue weighted by molar-refractivity contribution is -0.138. The second-order valence-corrected chi connectivity index (χ2v) is 4.62. The zero-order valence-electron chi connectivity index (χ0n) is 11.1. The molecule has 0 unspecified atom stereocenters. The van der Waals surface area contributed by atoms with E-state index in [2.05, 4.69) is 0 Å². The first-order valence-corrected chi connectivity index (χ1v) is 6.15. The van der Waals surface area contributed by atoms with Gasteiger partial charge in [0, 0.05) is 17.8 Å². The summed E-state index contributed by atoms with van der Waals surface area (Å²) < 4.78 is 38.6. The van der Waals surface area contributed by atoms with Crippen LogP contribution in [0.25, 0.3) is 0 Å². The zero-order chi connectivity index (χ0) is 15.6. The Labute approximate surface area is 118 Å². The van der Waals surface area contributed by atoms with Crippen molar-refractivity contribution < 1.29 is 18.0 Å². The van der Waals surface area contributed by atoms with E-state index in [1.807, 2.05) is 0 Å². The van der Waals surface area contributed by atoms with Crippen molar-refractivity contribution in [2.24, 2.45) is 0 Å². The van der Waals surface area contributed by atoms with Crippen molar-refractivity contribution >= 4 is 5.78 Å². The van der Waals surface area contributed by atoms with Gasteiger partial charge in [-0.15, -0.1) is 0 Å². The van der Waals surface area contributed by atoms with Crippen LogP contribution >= 0.6 is 0 Å². The standard InChI is InChI=1S/C15H12F3NO2/c1-10-4-2-3-5-12(10)13(20)9-19-8-11(15(16,17)18)6-7-14(19)21/h2-8H,9H2,1H3. The number of Topliss-reactive ketones (excluding diaryl/α,β-unsaturated/α-hetero) is 1. The molecule has 2 rings (SSSR count). The van der Waals surface area contributed by atoms with Gasteiger partial charge >= 0.3 is 6.18 Å². The monoisotopic (exact) mass is 295 g/mol. The highest BCUT2D eigenvalue weighted by Crippen LogP contribution is 2.28. The lowest BCUT2D eigenvalue weighted by Crippen LogP contribution is -2.25. The maximum absolute atomic E-state index is 12.6. The minimum Gasteiger partial charge on any atom is -0.307 e. The summed E-state index contributed by atoms with van der Waals surface area (Å²) in [6.07, 6.45) is -3.89. The van der Waals surface area contributed by atoms with Gasteiger partial charge in [-0.1, -0.05) is 24.3 Å². The van der Waals surface area contributed by atoms with Gasteiger partial charge in [0.25, 0.3) is 5.56 Å². The quantitative estimate of drug-likeness (QED) is 0.816. The number of aromatic nitrogens is 1. The molecule has 1 aromatic heterocycles. The van der Waals surface area contributed by atoms with Crippen molar-refractivity contribution in [3.05, 3.63) is 69.6 Å². The van der Waals surface area contributed by atoms with E-state index in [0.29, 0.717) is 23.4 Å². The van der Waals surface area contributed by atoms with Gasteiger partial charge in [0.05, 0.1) is 12.1 Å². The Bertz CT molecular complexity index is 732. The van der Waals surface area contributed by atoms with Gasteiger partial charge in [0.15, 0.2) is 5.78 Å². The first kappa shape index (κ1) is 15.0. The Kier molecular flexibility index (Phi) is 3.97. The van der Waals surface area contributed by atoms with Crippen LogP contribution in [0.1, 0.15) is 21.5 Å². The lowest BCUT2D eigenvalue weighted by atomic mass is 10.0. The SMILES string of the molecule is Cc1ccccc1C(=O)Cn1cc(C(F)(F)F)ccc1=O. The molecule has 110 valence electrons. The molecule has 0 radical (unpaired) electrons. The minimum absolute atomic E-state index is 0.391. The molecule has 0 spiro atoms. The summed E-state index contributed by atoms with van der Waals surface area (Å²) in [6.45, 7) is 1.30. The third-order valence-electron chi connectivity index (χ3n) is 3.07. The first-order chi connectivity index (χ1) is 9.79. The predicted molar refractivity (Wildman–Crippen MR) is 71.2 cm³/mol. The number of rotatable bonds is 3. The van der Waals surface area contributed by atoms with E-state index in [1.165, 1.54) is 0 Å². The number of halogens is 3. The van der Waals surface area contributed by atoms with Crippen molar-refractivity contribution in [2.75, 3.05) is 0 Å². The Morgan fingerprint density at radius 2 is 1.81 bits per heavy atom. The van der Waals surface area contributed by atoms with E-state index in [1.54, 1.807) is 31.2 Å². The van der Waals surface area contributed by atoms with Crippen molar-refractivity contribution in [1.82, 2.24) is 4.57 Å². The molecule has 21 heavy (non-hydrogen) atoms. The molecule has 0 saturated carbocycles.